The lowest BCUT2D eigenvalue weighted by atomic mass is 10.0. The Balaban J connectivity index is 1.79. The summed E-state index contributed by atoms with van der Waals surface area (Å²) in [6, 6.07) is 14.5. The first-order valence-electron chi connectivity index (χ1n) is 10.5. The van der Waals surface area contributed by atoms with E-state index in [1.165, 1.54) is 37.6 Å². The summed E-state index contributed by atoms with van der Waals surface area (Å²) in [5, 5.41) is 0.836. The number of H-pyrrole nitrogens is 1. The van der Waals surface area contributed by atoms with E-state index in [-0.39, 0.29) is 29.1 Å². The van der Waals surface area contributed by atoms with Crippen LogP contribution in [0.15, 0.2) is 75.0 Å². The van der Waals surface area contributed by atoms with Gasteiger partial charge in [-0.25, -0.2) is 13.2 Å². The largest absolute Gasteiger partial charge is 0.468 e. The van der Waals surface area contributed by atoms with E-state index in [1.54, 1.807) is 18.2 Å². The van der Waals surface area contributed by atoms with Gasteiger partial charge in [0, 0.05) is 23.0 Å². The average molecular weight is 481 g/mol. The Kier molecular flexibility index (Phi) is 6.41. The molecule has 0 radical (unpaired) electrons. The van der Waals surface area contributed by atoms with Crippen molar-refractivity contribution >= 4 is 26.9 Å². The molecule has 0 atom stereocenters. The maximum Gasteiger partial charge on any atom is 0.337 e. The van der Waals surface area contributed by atoms with Crippen LogP contribution >= 0.6 is 0 Å². The number of aromatic amines is 1. The molecule has 0 amide bonds. The molecule has 1 N–H and O–H groups in total. The van der Waals surface area contributed by atoms with Crippen molar-refractivity contribution in [3.05, 3.63) is 99.2 Å². The van der Waals surface area contributed by atoms with Crippen LogP contribution in [0.1, 0.15) is 32.8 Å². The van der Waals surface area contributed by atoms with Crippen LogP contribution in [0.5, 0.6) is 0 Å². The Morgan fingerprint density at radius 3 is 2.56 bits per heavy atom. The highest BCUT2D eigenvalue weighted by Crippen LogP contribution is 2.24. The number of methoxy groups -OCH3 is 1. The lowest BCUT2D eigenvalue weighted by Crippen LogP contribution is -2.32. The van der Waals surface area contributed by atoms with Gasteiger partial charge >= 0.3 is 5.97 Å². The molecule has 2 aromatic carbocycles. The second kappa shape index (κ2) is 9.28. The second-order valence-corrected chi connectivity index (χ2v) is 9.98. The maximum atomic E-state index is 13.6. The Morgan fingerprint density at radius 2 is 1.85 bits per heavy atom. The molecule has 4 rings (SSSR count). The molecule has 8 nitrogen and oxygen atoms in total. The molecule has 0 unspecified atom stereocenters. The summed E-state index contributed by atoms with van der Waals surface area (Å²) in [4.78, 5) is 27.6. The highest BCUT2D eigenvalue weighted by Gasteiger charge is 2.28. The lowest BCUT2D eigenvalue weighted by Gasteiger charge is -2.22. The number of pyridine rings is 1. The molecule has 176 valence electrons. The molecule has 0 saturated heterocycles. The molecule has 0 aliphatic rings. The van der Waals surface area contributed by atoms with Gasteiger partial charge in [-0.3, -0.25) is 4.79 Å². The number of hydrogen-bond acceptors (Lipinski definition) is 6. The van der Waals surface area contributed by atoms with Crippen LogP contribution in [0.4, 0.5) is 0 Å². The maximum absolute atomic E-state index is 13.6. The highest BCUT2D eigenvalue weighted by molar-refractivity contribution is 7.89. The second-order valence-electron chi connectivity index (χ2n) is 8.04. The van der Waals surface area contributed by atoms with Gasteiger partial charge in [0.25, 0.3) is 5.56 Å². The van der Waals surface area contributed by atoms with Crippen LogP contribution in [0, 0.1) is 13.8 Å². The van der Waals surface area contributed by atoms with Crippen molar-refractivity contribution in [1.29, 1.82) is 0 Å². The lowest BCUT2D eigenvalue weighted by molar-refractivity contribution is 0.0600. The van der Waals surface area contributed by atoms with Gasteiger partial charge in [-0.15, -0.1) is 0 Å². The third kappa shape index (κ3) is 4.66. The standard InChI is InChI=1S/C25H24N2O6S/c1-16-10-17(2)22-13-19(24(28)26-23(22)11-16)14-27(15-20-7-5-9-33-20)34(30,31)21-8-4-6-18(12-21)25(29)32-3/h4-13H,14-15H2,1-3H3,(H,26,28). The van der Waals surface area contributed by atoms with Crippen molar-refractivity contribution in [2.75, 3.05) is 7.11 Å². The number of aromatic nitrogens is 1. The Labute approximate surface area is 196 Å². The van der Waals surface area contributed by atoms with Crippen molar-refractivity contribution in [3.63, 3.8) is 0 Å². The van der Waals surface area contributed by atoms with Gasteiger partial charge in [0.05, 0.1) is 30.4 Å². The molecule has 0 fully saturated rings. The Morgan fingerprint density at radius 1 is 1.06 bits per heavy atom. The molecular formula is C25H24N2O6S. The van der Waals surface area contributed by atoms with E-state index >= 15 is 0 Å². The molecular weight excluding hydrogens is 456 g/mol. The van der Waals surface area contributed by atoms with Gasteiger partial charge in [-0.05, 0) is 67.4 Å². The summed E-state index contributed by atoms with van der Waals surface area (Å²) in [7, 11) is -2.89. The van der Waals surface area contributed by atoms with Crippen molar-refractivity contribution in [1.82, 2.24) is 9.29 Å². The van der Waals surface area contributed by atoms with Gasteiger partial charge in [-0.2, -0.15) is 4.31 Å². The van der Waals surface area contributed by atoms with Crippen LogP contribution in [0.25, 0.3) is 10.9 Å². The number of esters is 1. The highest BCUT2D eigenvalue weighted by atomic mass is 32.2. The minimum Gasteiger partial charge on any atom is -0.468 e. The third-order valence-corrected chi connectivity index (χ3v) is 7.33. The number of ether oxygens (including phenoxy) is 1. The molecule has 34 heavy (non-hydrogen) atoms. The zero-order valence-electron chi connectivity index (χ0n) is 19.0. The van der Waals surface area contributed by atoms with Crippen LogP contribution < -0.4 is 5.56 Å². The number of carbonyl (C=O) groups is 1. The molecule has 2 aromatic heterocycles. The number of aryl methyl sites for hydroxylation is 2. The van der Waals surface area contributed by atoms with E-state index in [0.717, 1.165) is 20.8 Å². The fourth-order valence-electron chi connectivity index (χ4n) is 3.88. The van der Waals surface area contributed by atoms with Crippen LogP contribution in [-0.4, -0.2) is 30.8 Å². The quantitative estimate of drug-likeness (QED) is 0.402. The number of carbonyl (C=O) groups excluding carboxylic acids is 1. The van der Waals surface area contributed by atoms with Crippen LogP contribution in [-0.2, 0) is 27.8 Å². The van der Waals surface area contributed by atoms with E-state index < -0.39 is 16.0 Å². The van der Waals surface area contributed by atoms with E-state index in [0.29, 0.717) is 16.8 Å². The molecule has 0 saturated carbocycles. The monoisotopic (exact) mass is 480 g/mol. The van der Waals surface area contributed by atoms with Crippen molar-refractivity contribution in [2.24, 2.45) is 0 Å². The first kappa shape index (κ1) is 23.5. The molecule has 0 bridgehead atoms. The Hall–Kier alpha value is -3.69. The predicted octanol–water partition coefficient (Wildman–Crippen LogP) is 3.92. The molecule has 4 aromatic rings. The molecule has 9 heteroatoms. The first-order chi connectivity index (χ1) is 16.2. The predicted molar refractivity (Wildman–Crippen MR) is 127 cm³/mol. The minimum absolute atomic E-state index is 0.0917. The van der Waals surface area contributed by atoms with E-state index in [4.69, 9.17) is 9.15 Å². The normalized spacial score (nSPS) is 11.8. The molecule has 0 spiro atoms. The fourth-order valence-corrected chi connectivity index (χ4v) is 5.31. The zero-order chi connectivity index (χ0) is 24.5. The van der Waals surface area contributed by atoms with Gasteiger partial charge in [-0.1, -0.05) is 12.1 Å². The number of nitrogens with one attached hydrogen (secondary N) is 1. The summed E-state index contributed by atoms with van der Waals surface area (Å²) in [6.07, 6.45) is 1.45. The first-order valence-corrected chi connectivity index (χ1v) is 12.0. The minimum atomic E-state index is -4.11. The Bertz CT molecular complexity index is 1520. The van der Waals surface area contributed by atoms with Crippen molar-refractivity contribution in [2.45, 2.75) is 31.8 Å². The number of furan rings is 1. The average Bonchev–Trinajstić information content (AvgIpc) is 3.32. The van der Waals surface area contributed by atoms with E-state index in [1.807, 2.05) is 26.0 Å². The number of fused-ring (bicyclic) bond motifs is 1. The summed E-state index contributed by atoms with van der Waals surface area (Å²) in [5.41, 5.74) is 2.70. The van der Waals surface area contributed by atoms with Crippen molar-refractivity contribution < 1.29 is 22.4 Å². The van der Waals surface area contributed by atoms with E-state index in [9.17, 15) is 18.0 Å². The van der Waals surface area contributed by atoms with Gasteiger partial charge in [0.15, 0.2) is 0 Å². The summed E-state index contributed by atoms with van der Waals surface area (Å²) < 4.78 is 38.5. The van der Waals surface area contributed by atoms with Gasteiger partial charge in [0.1, 0.15) is 5.76 Å². The van der Waals surface area contributed by atoms with Crippen LogP contribution in [0.3, 0.4) is 0 Å². The molecule has 2 heterocycles. The number of nitrogens with zero attached hydrogens (tertiary/aromatic N) is 1. The van der Waals surface area contributed by atoms with Gasteiger partial charge in [0.2, 0.25) is 10.0 Å². The van der Waals surface area contributed by atoms with Crippen LogP contribution in [0.2, 0.25) is 0 Å². The fraction of sp³-hybridized carbons (Fsp3) is 0.200. The zero-order valence-corrected chi connectivity index (χ0v) is 19.8. The topological polar surface area (TPSA) is 110 Å². The summed E-state index contributed by atoms with van der Waals surface area (Å²) >= 11 is 0. The molecule has 0 aliphatic heterocycles. The SMILES string of the molecule is COC(=O)c1cccc(S(=O)(=O)N(Cc2ccco2)Cc2cc3c(C)cc(C)cc3[nH]c2=O)c1. The number of rotatable bonds is 7. The van der Waals surface area contributed by atoms with Gasteiger partial charge < -0.3 is 14.1 Å². The smallest absolute Gasteiger partial charge is 0.337 e. The number of sulfonamides is 1. The molecule has 0 aliphatic carbocycles. The summed E-state index contributed by atoms with van der Waals surface area (Å²) in [5.74, 6) is -0.233. The van der Waals surface area contributed by atoms with E-state index in [2.05, 4.69) is 4.98 Å². The number of benzene rings is 2. The number of hydrogen-bond donors (Lipinski definition) is 1. The summed E-state index contributed by atoms with van der Waals surface area (Å²) in [6.45, 7) is 3.60. The van der Waals surface area contributed by atoms with Crippen molar-refractivity contribution in [3.8, 4) is 0 Å². The third-order valence-electron chi connectivity index (χ3n) is 5.54.